The summed E-state index contributed by atoms with van der Waals surface area (Å²) in [6.07, 6.45) is 0. The fourth-order valence-corrected chi connectivity index (χ4v) is 2.47. The Bertz CT molecular complexity index is 261. The van der Waals surface area contributed by atoms with Crippen molar-refractivity contribution in [3.63, 3.8) is 0 Å². The van der Waals surface area contributed by atoms with Gasteiger partial charge in [0, 0.05) is 13.1 Å². The molecule has 0 spiro atoms. The Labute approximate surface area is 96.9 Å². The predicted molar refractivity (Wildman–Crippen MR) is 61.1 cm³/mol. The molecule has 96 valence electrons. The second kappa shape index (κ2) is 5.58. The highest BCUT2D eigenvalue weighted by atomic mass is 31.2. The van der Waals surface area contributed by atoms with Crippen LogP contribution in [0.15, 0.2) is 0 Å². The summed E-state index contributed by atoms with van der Waals surface area (Å²) >= 11 is 0. The largest absolute Gasteiger partial charge is 0.405 e. The molecule has 16 heavy (non-hydrogen) atoms. The van der Waals surface area contributed by atoms with E-state index in [1.54, 1.807) is 0 Å². The maximum absolute atomic E-state index is 11.9. The molecule has 6 nitrogen and oxygen atoms in total. The third kappa shape index (κ3) is 4.91. The third-order valence-electron chi connectivity index (χ3n) is 2.37. The lowest BCUT2D eigenvalue weighted by Crippen LogP contribution is -2.38. The van der Waals surface area contributed by atoms with Crippen molar-refractivity contribution in [2.24, 2.45) is 0 Å². The SMILES string of the molecule is C[N+](C)(C)CCOP(=O)(O)N1CCOCC1. The predicted octanol–water partition coefficient (Wildman–Crippen LogP) is 0.142. The standard InChI is InChI=1S/C9H21N2O4P/c1-11(2,3)6-9-15-16(12,13)10-4-7-14-8-5-10/h4-9H2,1-3H3/p+1. The van der Waals surface area contributed by atoms with Gasteiger partial charge in [0.15, 0.2) is 0 Å². The van der Waals surface area contributed by atoms with Crippen LogP contribution in [0.25, 0.3) is 0 Å². The number of ether oxygens (including phenoxy) is 1. The fourth-order valence-electron chi connectivity index (χ4n) is 1.32. The van der Waals surface area contributed by atoms with Crippen molar-refractivity contribution in [3.8, 4) is 0 Å². The number of morpholine rings is 1. The van der Waals surface area contributed by atoms with E-state index in [2.05, 4.69) is 0 Å². The monoisotopic (exact) mass is 253 g/mol. The lowest BCUT2D eigenvalue weighted by Gasteiger charge is -2.30. The van der Waals surface area contributed by atoms with Crippen molar-refractivity contribution in [2.45, 2.75) is 0 Å². The van der Waals surface area contributed by atoms with Crippen LogP contribution in [-0.2, 0) is 13.8 Å². The summed E-state index contributed by atoms with van der Waals surface area (Å²) in [4.78, 5) is 9.73. The lowest BCUT2D eigenvalue weighted by atomic mass is 10.5. The Kier molecular flexibility index (Phi) is 4.91. The summed E-state index contributed by atoms with van der Waals surface area (Å²) in [5.41, 5.74) is 0. The second-order valence-corrected chi connectivity index (χ2v) is 6.71. The van der Waals surface area contributed by atoms with Gasteiger partial charge in [-0.1, -0.05) is 0 Å². The molecular weight excluding hydrogens is 231 g/mol. The molecule has 0 aromatic rings. The number of quaternary nitrogens is 1. The third-order valence-corrected chi connectivity index (χ3v) is 4.00. The number of nitrogens with zero attached hydrogens (tertiary/aromatic N) is 2. The van der Waals surface area contributed by atoms with Gasteiger partial charge in [-0.2, -0.15) is 0 Å². The minimum atomic E-state index is -3.61. The summed E-state index contributed by atoms with van der Waals surface area (Å²) in [6.45, 7) is 2.88. The van der Waals surface area contributed by atoms with Crippen molar-refractivity contribution in [1.82, 2.24) is 4.67 Å². The van der Waals surface area contributed by atoms with Crippen LogP contribution in [0.1, 0.15) is 0 Å². The molecule has 1 fully saturated rings. The highest BCUT2D eigenvalue weighted by molar-refractivity contribution is 7.50. The molecular formula is C9H22N2O4P+. The summed E-state index contributed by atoms with van der Waals surface area (Å²) < 4.78 is 24.3. The number of likely N-dealkylation sites (N-methyl/N-ethyl adjacent to an activating group) is 1. The van der Waals surface area contributed by atoms with Crippen molar-refractivity contribution in [2.75, 3.05) is 60.6 Å². The van der Waals surface area contributed by atoms with Crippen LogP contribution in [0.4, 0.5) is 0 Å². The molecule has 1 saturated heterocycles. The molecule has 0 aromatic carbocycles. The first-order valence-corrected chi connectivity index (χ1v) is 6.95. The van der Waals surface area contributed by atoms with Gasteiger partial charge in [0.05, 0.1) is 34.4 Å². The summed E-state index contributed by atoms with van der Waals surface area (Å²) in [5, 5.41) is 0. The average Bonchev–Trinajstić information content (AvgIpc) is 2.17. The minimum Gasteiger partial charge on any atom is -0.379 e. The number of hydrogen-bond donors (Lipinski definition) is 1. The van der Waals surface area contributed by atoms with Gasteiger partial charge >= 0.3 is 7.75 Å². The molecule has 0 aliphatic carbocycles. The van der Waals surface area contributed by atoms with Crippen LogP contribution >= 0.6 is 7.75 Å². The first-order chi connectivity index (χ1) is 7.31. The molecule has 0 saturated carbocycles. The molecule has 1 rings (SSSR count). The van der Waals surface area contributed by atoms with Crippen molar-refractivity contribution in [1.29, 1.82) is 0 Å². The number of hydrogen-bond acceptors (Lipinski definition) is 3. The van der Waals surface area contributed by atoms with Crippen LogP contribution in [0, 0.1) is 0 Å². The highest BCUT2D eigenvalue weighted by Gasteiger charge is 2.31. The van der Waals surface area contributed by atoms with Gasteiger partial charge in [0.2, 0.25) is 0 Å². The van der Waals surface area contributed by atoms with Crippen LogP contribution in [0.2, 0.25) is 0 Å². The minimum absolute atomic E-state index is 0.286. The van der Waals surface area contributed by atoms with Crippen molar-refractivity contribution in [3.05, 3.63) is 0 Å². The Hall–Kier alpha value is 0.0300. The molecule has 0 amide bonds. The maximum Gasteiger partial charge on any atom is 0.405 e. The van der Waals surface area contributed by atoms with Crippen LogP contribution in [-0.4, -0.2) is 74.6 Å². The van der Waals surface area contributed by atoms with E-state index in [-0.39, 0.29) is 6.61 Å². The van der Waals surface area contributed by atoms with Gasteiger partial charge in [0.25, 0.3) is 0 Å². The zero-order valence-corrected chi connectivity index (χ0v) is 11.2. The summed E-state index contributed by atoms with van der Waals surface area (Å²) in [5.74, 6) is 0. The van der Waals surface area contributed by atoms with E-state index in [1.807, 2.05) is 21.1 Å². The second-order valence-electron chi connectivity index (χ2n) is 4.90. The van der Waals surface area contributed by atoms with Crippen LogP contribution < -0.4 is 0 Å². The van der Waals surface area contributed by atoms with Gasteiger partial charge in [-0.15, -0.1) is 0 Å². The van der Waals surface area contributed by atoms with E-state index < -0.39 is 7.75 Å². The molecule has 0 radical (unpaired) electrons. The van der Waals surface area contributed by atoms with Gasteiger partial charge in [-0.3, -0.25) is 4.52 Å². The molecule has 1 unspecified atom stereocenters. The molecule has 1 heterocycles. The van der Waals surface area contributed by atoms with E-state index in [1.165, 1.54) is 4.67 Å². The quantitative estimate of drug-likeness (QED) is 0.558. The lowest BCUT2D eigenvalue weighted by molar-refractivity contribution is -0.870. The zero-order valence-electron chi connectivity index (χ0n) is 10.3. The first kappa shape index (κ1) is 14.1. The summed E-state index contributed by atoms with van der Waals surface area (Å²) in [6, 6.07) is 0. The fraction of sp³-hybridized carbons (Fsp3) is 1.00. The van der Waals surface area contributed by atoms with Crippen molar-refractivity contribution < 1.29 is 23.2 Å². The molecule has 1 aliphatic rings. The van der Waals surface area contributed by atoms with Gasteiger partial charge in [-0.05, 0) is 0 Å². The maximum atomic E-state index is 11.9. The number of rotatable bonds is 5. The van der Waals surface area contributed by atoms with E-state index in [0.717, 1.165) is 0 Å². The smallest absolute Gasteiger partial charge is 0.379 e. The van der Waals surface area contributed by atoms with E-state index >= 15 is 0 Å². The van der Waals surface area contributed by atoms with E-state index in [4.69, 9.17) is 9.26 Å². The Balaban J connectivity index is 2.36. The normalized spacial score (nSPS) is 23.0. The van der Waals surface area contributed by atoms with Crippen LogP contribution in [0.5, 0.6) is 0 Å². The highest BCUT2D eigenvalue weighted by Crippen LogP contribution is 2.46. The topological polar surface area (TPSA) is 59.0 Å². The molecule has 1 N–H and O–H groups in total. The molecule has 0 aromatic heterocycles. The van der Waals surface area contributed by atoms with Gasteiger partial charge in [0.1, 0.15) is 13.2 Å². The Morgan fingerprint density at radius 3 is 2.44 bits per heavy atom. The Morgan fingerprint density at radius 1 is 1.38 bits per heavy atom. The van der Waals surface area contributed by atoms with E-state index in [0.29, 0.717) is 37.3 Å². The molecule has 1 atom stereocenters. The first-order valence-electron chi connectivity index (χ1n) is 5.42. The van der Waals surface area contributed by atoms with Gasteiger partial charge in [-0.25, -0.2) is 9.24 Å². The molecule has 7 heteroatoms. The molecule has 1 aliphatic heterocycles. The van der Waals surface area contributed by atoms with E-state index in [9.17, 15) is 9.46 Å². The molecule has 0 bridgehead atoms. The van der Waals surface area contributed by atoms with Crippen LogP contribution in [0.3, 0.4) is 0 Å². The average molecular weight is 253 g/mol. The zero-order chi connectivity index (χ0) is 12.2. The summed E-state index contributed by atoms with van der Waals surface area (Å²) in [7, 11) is 2.43. The van der Waals surface area contributed by atoms with Crippen molar-refractivity contribution >= 4 is 7.75 Å². The van der Waals surface area contributed by atoms with Gasteiger partial charge < -0.3 is 14.1 Å². The Morgan fingerprint density at radius 2 is 1.94 bits per heavy atom.